The molecule has 3 aromatic rings. The van der Waals surface area contributed by atoms with Gasteiger partial charge in [0.05, 0.1) is 0 Å². The van der Waals surface area contributed by atoms with Gasteiger partial charge in [-0.25, -0.2) is 0 Å². The lowest BCUT2D eigenvalue weighted by Gasteiger charge is -2.22. The fourth-order valence-electron chi connectivity index (χ4n) is 2.63. The molecule has 0 saturated heterocycles. The molecule has 1 aliphatic rings. The second-order valence-electron chi connectivity index (χ2n) is 5.75. The Kier molecular flexibility index (Phi) is 3.80. The normalized spacial score (nSPS) is 15.8. The number of fused-ring (bicyclic) bond motifs is 1. The third-order valence-electron chi connectivity index (χ3n) is 4.05. The Bertz CT molecular complexity index is 836. The standard InChI is InChI=1S/C16H18N6S/c1-21-7-4-12(5-8-21)10-17-14-2-3-15-18-19-16(22(15)20-14)13-6-9-23-11-13/h2-4,6,9,11H,5,7-8,10H2,1H3,(H,17,20). The number of rotatable bonds is 4. The second-order valence-corrected chi connectivity index (χ2v) is 6.53. The van der Waals surface area contributed by atoms with Crippen LogP contribution < -0.4 is 5.32 Å². The second kappa shape index (κ2) is 6.10. The molecule has 4 rings (SSSR count). The van der Waals surface area contributed by atoms with E-state index in [1.807, 2.05) is 23.6 Å². The van der Waals surface area contributed by atoms with E-state index >= 15 is 0 Å². The summed E-state index contributed by atoms with van der Waals surface area (Å²) >= 11 is 1.64. The van der Waals surface area contributed by atoms with Gasteiger partial charge in [-0.1, -0.05) is 11.6 Å². The van der Waals surface area contributed by atoms with Crippen molar-refractivity contribution < 1.29 is 0 Å². The molecule has 0 amide bonds. The predicted molar refractivity (Wildman–Crippen MR) is 92.8 cm³/mol. The van der Waals surface area contributed by atoms with Gasteiger partial charge in [0.25, 0.3) is 0 Å². The number of thiophene rings is 1. The van der Waals surface area contributed by atoms with Gasteiger partial charge in [0.1, 0.15) is 5.82 Å². The average molecular weight is 326 g/mol. The molecule has 0 aromatic carbocycles. The van der Waals surface area contributed by atoms with Crippen molar-refractivity contribution in [2.24, 2.45) is 0 Å². The molecule has 3 aromatic heterocycles. The number of anilines is 1. The maximum absolute atomic E-state index is 4.64. The summed E-state index contributed by atoms with van der Waals surface area (Å²) in [4.78, 5) is 2.32. The van der Waals surface area contributed by atoms with Crippen LogP contribution in [0.3, 0.4) is 0 Å². The third kappa shape index (κ3) is 2.97. The van der Waals surface area contributed by atoms with Crippen molar-refractivity contribution in [2.45, 2.75) is 6.42 Å². The van der Waals surface area contributed by atoms with E-state index in [9.17, 15) is 0 Å². The molecule has 0 unspecified atom stereocenters. The Labute approximate surface area is 138 Å². The van der Waals surface area contributed by atoms with Crippen LogP contribution in [-0.2, 0) is 0 Å². The van der Waals surface area contributed by atoms with E-state index in [1.165, 1.54) is 5.57 Å². The quantitative estimate of drug-likeness (QED) is 0.747. The molecule has 0 aliphatic carbocycles. The first-order valence-electron chi connectivity index (χ1n) is 7.65. The summed E-state index contributed by atoms with van der Waals surface area (Å²) in [7, 11) is 2.15. The van der Waals surface area contributed by atoms with Crippen LogP contribution in [0.4, 0.5) is 5.82 Å². The van der Waals surface area contributed by atoms with E-state index in [-0.39, 0.29) is 0 Å². The topological polar surface area (TPSA) is 58.3 Å². The van der Waals surface area contributed by atoms with Gasteiger partial charge < -0.3 is 10.2 Å². The predicted octanol–water partition coefficient (Wildman–Crippen LogP) is 2.53. The summed E-state index contributed by atoms with van der Waals surface area (Å²) in [5.74, 6) is 1.62. The summed E-state index contributed by atoms with van der Waals surface area (Å²) in [6.45, 7) is 2.98. The third-order valence-corrected chi connectivity index (χ3v) is 4.73. The first kappa shape index (κ1) is 14.3. The van der Waals surface area contributed by atoms with Gasteiger partial charge >= 0.3 is 0 Å². The number of aromatic nitrogens is 4. The monoisotopic (exact) mass is 326 g/mol. The van der Waals surface area contributed by atoms with Crippen LogP contribution in [0.25, 0.3) is 17.0 Å². The molecule has 0 fully saturated rings. The average Bonchev–Trinajstić information content (AvgIpc) is 3.23. The molecule has 1 aliphatic heterocycles. The van der Waals surface area contributed by atoms with Crippen LogP contribution in [0.15, 0.2) is 40.6 Å². The number of hydrogen-bond acceptors (Lipinski definition) is 6. The largest absolute Gasteiger partial charge is 0.365 e. The molecule has 118 valence electrons. The van der Waals surface area contributed by atoms with Gasteiger partial charge in [0, 0.05) is 30.6 Å². The molecule has 4 heterocycles. The first-order chi connectivity index (χ1) is 11.3. The molecule has 0 radical (unpaired) electrons. The van der Waals surface area contributed by atoms with Crippen molar-refractivity contribution in [1.82, 2.24) is 24.7 Å². The Morgan fingerprint density at radius 1 is 1.26 bits per heavy atom. The minimum atomic E-state index is 0.759. The molecular formula is C16H18N6S. The Morgan fingerprint density at radius 2 is 2.22 bits per heavy atom. The van der Waals surface area contributed by atoms with Gasteiger partial charge in [-0.15, -0.1) is 15.3 Å². The lowest BCUT2D eigenvalue weighted by atomic mass is 10.1. The van der Waals surface area contributed by atoms with Crippen molar-refractivity contribution in [3.05, 3.63) is 40.6 Å². The van der Waals surface area contributed by atoms with Gasteiger partial charge in [-0.05, 0) is 37.0 Å². The van der Waals surface area contributed by atoms with E-state index in [0.29, 0.717) is 0 Å². The molecule has 0 atom stereocenters. The van der Waals surface area contributed by atoms with Crippen molar-refractivity contribution in [2.75, 3.05) is 32.0 Å². The van der Waals surface area contributed by atoms with E-state index < -0.39 is 0 Å². The van der Waals surface area contributed by atoms with E-state index in [1.54, 1.807) is 15.9 Å². The van der Waals surface area contributed by atoms with Crippen LogP contribution in [0.5, 0.6) is 0 Å². The molecule has 0 bridgehead atoms. The zero-order chi connectivity index (χ0) is 15.6. The molecule has 0 spiro atoms. The van der Waals surface area contributed by atoms with E-state index in [4.69, 9.17) is 0 Å². The minimum Gasteiger partial charge on any atom is -0.365 e. The molecule has 0 saturated carbocycles. The Hall–Kier alpha value is -2.25. The Balaban J connectivity index is 1.55. The summed E-state index contributed by atoms with van der Waals surface area (Å²) in [5, 5.41) is 20.6. The molecule has 7 heteroatoms. The number of nitrogens with one attached hydrogen (secondary N) is 1. The van der Waals surface area contributed by atoms with Crippen molar-refractivity contribution in [1.29, 1.82) is 0 Å². The van der Waals surface area contributed by atoms with Crippen LogP contribution in [0.2, 0.25) is 0 Å². The van der Waals surface area contributed by atoms with Crippen molar-refractivity contribution >= 4 is 22.8 Å². The number of likely N-dealkylation sites (N-methyl/N-ethyl adjacent to an activating group) is 1. The Morgan fingerprint density at radius 3 is 3.00 bits per heavy atom. The zero-order valence-corrected chi connectivity index (χ0v) is 13.8. The highest BCUT2D eigenvalue weighted by molar-refractivity contribution is 7.08. The van der Waals surface area contributed by atoms with Crippen LogP contribution in [0, 0.1) is 0 Å². The molecule has 6 nitrogen and oxygen atoms in total. The number of nitrogens with zero attached hydrogens (tertiary/aromatic N) is 5. The lowest BCUT2D eigenvalue weighted by Crippen LogP contribution is -2.26. The zero-order valence-electron chi connectivity index (χ0n) is 12.9. The van der Waals surface area contributed by atoms with Gasteiger partial charge in [0.15, 0.2) is 11.5 Å². The summed E-state index contributed by atoms with van der Waals surface area (Å²) in [5.41, 5.74) is 3.24. The highest BCUT2D eigenvalue weighted by Gasteiger charge is 2.11. The maximum atomic E-state index is 4.64. The van der Waals surface area contributed by atoms with E-state index in [0.717, 1.165) is 48.9 Å². The molecule has 1 N–H and O–H groups in total. The van der Waals surface area contributed by atoms with Gasteiger partial charge in [0.2, 0.25) is 0 Å². The minimum absolute atomic E-state index is 0.759. The van der Waals surface area contributed by atoms with Gasteiger partial charge in [-0.2, -0.15) is 15.9 Å². The maximum Gasteiger partial charge on any atom is 0.186 e. The summed E-state index contributed by atoms with van der Waals surface area (Å²) < 4.78 is 1.80. The fourth-order valence-corrected chi connectivity index (χ4v) is 3.27. The van der Waals surface area contributed by atoms with Crippen molar-refractivity contribution in [3.63, 3.8) is 0 Å². The fraction of sp³-hybridized carbons (Fsp3) is 0.312. The van der Waals surface area contributed by atoms with Crippen LogP contribution in [-0.4, -0.2) is 51.4 Å². The first-order valence-corrected chi connectivity index (χ1v) is 8.59. The summed E-state index contributed by atoms with van der Waals surface area (Å²) in [6.07, 6.45) is 3.41. The highest BCUT2D eigenvalue weighted by Crippen LogP contribution is 2.21. The summed E-state index contributed by atoms with van der Waals surface area (Å²) in [6, 6.07) is 5.93. The van der Waals surface area contributed by atoms with Crippen LogP contribution >= 0.6 is 11.3 Å². The van der Waals surface area contributed by atoms with Crippen molar-refractivity contribution in [3.8, 4) is 11.4 Å². The smallest absolute Gasteiger partial charge is 0.186 e. The lowest BCUT2D eigenvalue weighted by molar-refractivity contribution is 0.358. The molecular weight excluding hydrogens is 308 g/mol. The van der Waals surface area contributed by atoms with Crippen LogP contribution in [0.1, 0.15) is 6.42 Å². The van der Waals surface area contributed by atoms with E-state index in [2.05, 4.69) is 44.0 Å². The molecule has 23 heavy (non-hydrogen) atoms. The SMILES string of the molecule is CN1CC=C(CNc2ccc3nnc(-c4ccsc4)n3n2)CC1. The highest BCUT2D eigenvalue weighted by atomic mass is 32.1. The number of hydrogen-bond donors (Lipinski definition) is 1. The van der Waals surface area contributed by atoms with Gasteiger partial charge in [-0.3, -0.25) is 0 Å².